The summed E-state index contributed by atoms with van der Waals surface area (Å²) in [6.45, 7) is 11.7. The summed E-state index contributed by atoms with van der Waals surface area (Å²) >= 11 is 6.62. The molecule has 2 aliphatic rings. The molecule has 0 radical (unpaired) electrons. The number of para-hydroxylation sites is 2. The zero-order chi connectivity index (χ0) is 37.6. The van der Waals surface area contributed by atoms with Gasteiger partial charge in [0.15, 0.2) is 0 Å². The largest absolute Gasteiger partial charge is 0.444 e. The van der Waals surface area contributed by atoms with Gasteiger partial charge in [0.1, 0.15) is 25.6 Å². The van der Waals surface area contributed by atoms with Gasteiger partial charge < -0.3 is 24.8 Å². The number of hydrogen-bond acceptors (Lipinski definition) is 11. The molecular formula is C39H42N6O4S4. The average molecular weight is 787 g/mol. The number of thiazole rings is 2. The number of anilines is 2. The molecule has 0 aliphatic carbocycles. The third kappa shape index (κ3) is 7.60. The predicted molar refractivity (Wildman–Crippen MR) is 220 cm³/mol. The van der Waals surface area contributed by atoms with Gasteiger partial charge in [0.05, 0.1) is 27.0 Å². The molecule has 0 unspecified atom stereocenters. The Morgan fingerprint density at radius 1 is 0.755 bits per heavy atom. The molecule has 4 aromatic heterocycles. The predicted octanol–water partition coefficient (Wildman–Crippen LogP) is 8.95. The highest BCUT2D eigenvalue weighted by atomic mass is 32.1. The first-order chi connectivity index (χ1) is 25.3. The van der Waals surface area contributed by atoms with Gasteiger partial charge in [0.2, 0.25) is 11.8 Å². The van der Waals surface area contributed by atoms with E-state index in [1.54, 1.807) is 80.9 Å². The van der Waals surface area contributed by atoms with Crippen molar-refractivity contribution in [1.29, 1.82) is 0 Å². The van der Waals surface area contributed by atoms with Crippen LogP contribution in [0.25, 0.3) is 41.6 Å². The van der Waals surface area contributed by atoms with E-state index in [1.165, 1.54) is 20.7 Å². The number of fused-ring (bicyclic) bond motifs is 4. The Hall–Kier alpha value is -4.21. The van der Waals surface area contributed by atoms with Crippen LogP contribution in [0.4, 0.5) is 14.8 Å². The van der Waals surface area contributed by atoms with E-state index in [0.29, 0.717) is 19.5 Å². The summed E-state index contributed by atoms with van der Waals surface area (Å²) in [6, 6.07) is 16.3. The van der Waals surface area contributed by atoms with Crippen LogP contribution in [0.3, 0.4) is 0 Å². The molecule has 6 heterocycles. The van der Waals surface area contributed by atoms with E-state index < -0.39 is 5.60 Å². The molecule has 10 nitrogen and oxygen atoms in total. The molecule has 2 aliphatic heterocycles. The monoisotopic (exact) mass is 786 g/mol. The molecule has 1 N–H and O–H groups in total. The van der Waals surface area contributed by atoms with Crippen molar-refractivity contribution >= 4 is 93.7 Å². The topological polar surface area (TPSA) is 108 Å². The summed E-state index contributed by atoms with van der Waals surface area (Å²) in [5.74, 6) is 0.0267. The SMILES string of the molecule is CC(=O)N(C)c1sc2c(c1-c1nc3ccccc3s1)CCN(C(=O)OC(C)(C)C)C2.CC(=O)N(C)c1sc2c(c1-c1nc3ccccc3s1)CCNC2. The zero-order valence-corrected chi connectivity index (χ0v) is 34.1. The van der Waals surface area contributed by atoms with Gasteiger partial charge in [-0.25, -0.2) is 14.8 Å². The van der Waals surface area contributed by atoms with Crippen LogP contribution in [0.15, 0.2) is 48.5 Å². The first-order valence-electron chi connectivity index (χ1n) is 17.5. The number of thiophene rings is 2. The fourth-order valence-electron chi connectivity index (χ4n) is 6.35. The summed E-state index contributed by atoms with van der Waals surface area (Å²) in [7, 11) is 3.64. The van der Waals surface area contributed by atoms with Crippen molar-refractivity contribution in [2.45, 2.75) is 66.2 Å². The third-order valence-corrected chi connectivity index (χ3v) is 13.9. The van der Waals surface area contributed by atoms with Gasteiger partial charge in [0.25, 0.3) is 0 Å². The molecule has 14 heteroatoms. The highest BCUT2D eigenvalue weighted by Crippen LogP contribution is 2.48. The molecule has 0 bridgehead atoms. The second-order valence-electron chi connectivity index (χ2n) is 14.1. The highest BCUT2D eigenvalue weighted by molar-refractivity contribution is 7.23. The number of ether oxygens (including phenoxy) is 1. The average Bonchev–Trinajstić information content (AvgIpc) is 3.91. The van der Waals surface area contributed by atoms with Crippen LogP contribution in [0.1, 0.15) is 55.5 Å². The number of nitrogens with zero attached hydrogens (tertiary/aromatic N) is 5. The minimum absolute atomic E-state index is 0.0278. The van der Waals surface area contributed by atoms with Crippen LogP contribution < -0.4 is 15.1 Å². The summed E-state index contributed by atoms with van der Waals surface area (Å²) in [4.78, 5) is 53.9. The van der Waals surface area contributed by atoms with E-state index in [-0.39, 0.29) is 17.9 Å². The van der Waals surface area contributed by atoms with E-state index in [2.05, 4.69) is 17.4 Å². The molecule has 2 aromatic carbocycles. The van der Waals surface area contributed by atoms with Crippen LogP contribution in [-0.4, -0.2) is 65.6 Å². The molecule has 3 amide bonds. The molecule has 53 heavy (non-hydrogen) atoms. The van der Waals surface area contributed by atoms with Gasteiger partial charge >= 0.3 is 6.09 Å². The Kier molecular flexibility index (Phi) is 10.4. The Balaban J connectivity index is 0.000000170. The van der Waals surface area contributed by atoms with E-state index in [0.717, 1.165) is 71.3 Å². The maximum Gasteiger partial charge on any atom is 0.410 e. The highest BCUT2D eigenvalue weighted by Gasteiger charge is 2.33. The molecule has 0 spiro atoms. The number of aromatic nitrogens is 2. The van der Waals surface area contributed by atoms with Crippen molar-refractivity contribution in [2.75, 3.05) is 37.0 Å². The van der Waals surface area contributed by atoms with Crippen molar-refractivity contribution < 1.29 is 19.1 Å². The lowest BCUT2D eigenvalue weighted by Crippen LogP contribution is -2.39. The Morgan fingerprint density at radius 2 is 1.26 bits per heavy atom. The maximum atomic E-state index is 12.6. The van der Waals surface area contributed by atoms with Gasteiger partial charge in [-0.05, 0) is 75.5 Å². The lowest BCUT2D eigenvalue weighted by atomic mass is 10.0. The minimum atomic E-state index is -0.529. The molecule has 8 rings (SSSR count). The summed E-state index contributed by atoms with van der Waals surface area (Å²) < 4.78 is 7.86. The number of carbonyl (C=O) groups excluding carboxylic acids is 3. The Morgan fingerprint density at radius 3 is 1.77 bits per heavy atom. The van der Waals surface area contributed by atoms with Crippen LogP contribution in [0.2, 0.25) is 0 Å². The van der Waals surface area contributed by atoms with Crippen molar-refractivity contribution in [3.05, 3.63) is 69.4 Å². The maximum absolute atomic E-state index is 12.6. The van der Waals surface area contributed by atoms with E-state index >= 15 is 0 Å². The lowest BCUT2D eigenvalue weighted by Gasteiger charge is -2.30. The van der Waals surface area contributed by atoms with Crippen LogP contribution in [-0.2, 0) is 40.3 Å². The van der Waals surface area contributed by atoms with Crippen LogP contribution in [0.5, 0.6) is 0 Å². The number of rotatable bonds is 4. The van der Waals surface area contributed by atoms with Crippen molar-refractivity contribution in [3.8, 4) is 21.1 Å². The molecule has 0 saturated heterocycles. The lowest BCUT2D eigenvalue weighted by molar-refractivity contribution is -0.117. The normalized spacial score (nSPS) is 14.0. The standard InChI is InChI=1S/C22H25N3O3S2.C17H17N3OS2/c1-13(26)24(5)20-18(19-23-15-8-6-7-9-16(15)29-19)14-10-11-25(12-17(14)30-20)21(27)28-22(2,3)4;1-10(21)20(2)17-15(11-7-8-18-9-14(11)23-17)16-19-12-5-3-4-6-13(12)22-16/h6-9H,10-12H2,1-5H3;3-6,18H,7-9H2,1-2H3. The number of amides is 3. The quantitative estimate of drug-likeness (QED) is 0.190. The van der Waals surface area contributed by atoms with Crippen molar-refractivity contribution in [2.24, 2.45) is 0 Å². The zero-order valence-electron chi connectivity index (χ0n) is 30.9. The van der Waals surface area contributed by atoms with Crippen LogP contribution in [0, 0.1) is 0 Å². The van der Waals surface area contributed by atoms with E-state index in [4.69, 9.17) is 14.7 Å². The first kappa shape index (κ1) is 37.1. The Labute approximate surface area is 325 Å². The molecule has 0 saturated carbocycles. The summed E-state index contributed by atoms with van der Waals surface area (Å²) in [6.07, 6.45) is 1.40. The number of nitrogens with one attached hydrogen (secondary N) is 1. The van der Waals surface area contributed by atoms with Gasteiger partial charge in [-0.3, -0.25) is 9.59 Å². The Bertz CT molecular complexity index is 2280. The fourth-order valence-corrected chi connectivity index (χ4v) is 11.2. The van der Waals surface area contributed by atoms with Crippen LogP contribution >= 0.6 is 45.3 Å². The molecule has 0 atom stereocenters. The van der Waals surface area contributed by atoms with Crippen molar-refractivity contribution in [3.63, 3.8) is 0 Å². The minimum Gasteiger partial charge on any atom is -0.444 e. The molecular weight excluding hydrogens is 745 g/mol. The number of carbonyl (C=O) groups is 3. The third-order valence-electron chi connectivity index (χ3n) is 9.17. The molecule has 6 aromatic rings. The molecule has 0 fully saturated rings. The second-order valence-corrected chi connectivity index (χ2v) is 18.3. The van der Waals surface area contributed by atoms with Gasteiger partial charge in [0, 0.05) is 61.9 Å². The van der Waals surface area contributed by atoms with E-state index in [9.17, 15) is 14.4 Å². The smallest absolute Gasteiger partial charge is 0.410 e. The second kappa shape index (κ2) is 14.9. The van der Waals surface area contributed by atoms with Gasteiger partial charge in [-0.2, -0.15) is 0 Å². The van der Waals surface area contributed by atoms with E-state index in [1.807, 2.05) is 64.2 Å². The first-order valence-corrected chi connectivity index (χ1v) is 20.7. The number of hydrogen-bond donors (Lipinski definition) is 1. The summed E-state index contributed by atoms with van der Waals surface area (Å²) in [5, 5.41) is 7.26. The summed E-state index contributed by atoms with van der Waals surface area (Å²) in [5.41, 5.74) is 6.18. The number of benzene rings is 2. The fraction of sp³-hybridized carbons (Fsp3) is 0.359. The molecule has 276 valence electrons. The van der Waals surface area contributed by atoms with Gasteiger partial charge in [-0.1, -0.05) is 24.3 Å². The van der Waals surface area contributed by atoms with Gasteiger partial charge in [-0.15, -0.1) is 45.3 Å². The van der Waals surface area contributed by atoms with Crippen molar-refractivity contribution in [1.82, 2.24) is 20.2 Å².